The second-order valence-electron chi connectivity index (χ2n) is 4.07. The Morgan fingerprint density at radius 3 is 2.48 bits per heavy atom. The van der Waals surface area contributed by atoms with Gasteiger partial charge in [-0.25, -0.2) is 13.2 Å². The van der Waals surface area contributed by atoms with Crippen LogP contribution in [0.4, 0.5) is 5.69 Å². The van der Waals surface area contributed by atoms with Crippen LogP contribution in [-0.2, 0) is 10.0 Å². The van der Waals surface area contributed by atoms with Crippen LogP contribution in [0.15, 0.2) is 51.8 Å². The SMILES string of the molecule is O=C(O)c1ccc(S(=O)(=O)Nc2cccc(I)c2)c(Br)c1. The van der Waals surface area contributed by atoms with E-state index in [0.717, 1.165) is 3.57 Å². The minimum absolute atomic E-state index is 0.00934. The van der Waals surface area contributed by atoms with Gasteiger partial charge >= 0.3 is 5.97 Å². The van der Waals surface area contributed by atoms with Crippen LogP contribution in [-0.4, -0.2) is 19.5 Å². The molecule has 0 saturated heterocycles. The van der Waals surface area contributed by atoms with Gasteiger partial charge in [0, 0.05) is 13.7 Å². The highest BCUT2D eigenvalue weighted by Gasteiger charge is 2.19. The lowest BCUT2D eigenvalue weighted by Gasteiger charge is -2.10. The molecule has 110 valence electrons. The molecule has 0 bridgehead atoms. The standard InChI is InChI=1S/C13H9BrINO4S/c14-11-6-8(13(17)18)4-5-12(11)21(19,20)16-10-3-1-2-9(15)7-10/h1-7,16H,(H,17,18). The van der Waals surface area contributed by atoms with Crippen molar-refractivity contribution in [1.29, 1.82) is 0 Å². The fraction of sp³-hybridized carbons (Fsp3) is 0. The fourth-order valence-electron chi connectivity index (χ4n) is 1.61. The first kappa shape index (κ1) is 16.2. The number of anilines is 1. The van der Waals surface area contributed by atoms with E-state index < -0.39 is 16.0 Å². The molecule has 0 heterocycles. The minimum Gasteiger partial charge on any atom is -0.478 e. The van der Waals surface area contributed by atoms with Crippen molar-refractivity contribution in [3.8, 4) is 0 Å². The number of hydrogen-bond donors (Lipinski definition) is 2. The third kappa shape index (κ3) is 3.95. The third-order valence-electron chi connectivity index (χ3n) is 2.55. The molecule has 0 spiro atoms. The molecule has 2 aromatic rings. The van der Waals surface area contributed by atoms with Crippen LogP contribution in [0.2, 0.25) is 0 Å². The summed E-state index contributed by atoms with van der Waals surface area (Å²) in [6.07, 6.45) is 0. The van der Waals surface area contributed by atoms with E-state index in [2.05, 4.69) is 43.2 Å². The monoisotopic (exact) mass is 481 g/mol. The maximum absolute atomic E-state index is 12.3. The van der Waals surface area contributed by atoms with Crippen molar-refractivity contribution in [3.63, 3.8) is 0 Å². The van der Waals surface area contributed by atoms with Crippen LogP contribution in [0.5, 0.6) is 0 Å². The largest absolute Gasteiger partial charge is 0.478 e. The number of sulfonamides is 1. The van der Waals surface area contributed by atoms with Gasteiger partial charge in [-0.2, -0.15) is 0 Å². The number of nitrogens with one attached hydrogen (secondary N) is 1. The van der Waals surface area contributed by atoms with Gasteiger partial charge in [0.25, 0.3) is 10.0 Å². The number of carbonyl (C=O) groups is 1. The van der Waals surface area contributed by atoms with Crippen LogP contribution in [0, 0.1) is 3.57 Å². The average molecular weight is 482 g/mol. The van der Waals surface area contributed by atoms with Crippen molar-refractivity contribution in [2.24, 2.45) is 0 Å². The summed E-state index contributed by atoms with van der Waals surface area (Å²) in [6.45, 7) is 0. The Kier molecular flexibility index (Phi) is 4.89. The van der Waals surface area contributed by atoms with E-state index in [1.54, 1.807) is 18.2 Å². The highest BCUT2D eigenvalue weighted by atomic mass is 127. The molecule has 2 rings (SSSR count). The predicted molar refractivity (Wildman–Crippen MR) is 91.1 cm³/mol. The maximum Gasteiger partial charge on any atom is 0.335 e. The van der Waals surface area contributed by atoms with Crippen molar-refractivity contribution in [1.82, 2.24) is 0 Å². The maximum atomic E-state index is 12.3. The smallest absolute Gasteiger partial charge is 0.335 e. The van der Waals surface area contributed by atoms with E-state index in [1.807, 2.05) is 6.07 Å². The van der Waals surface area contributed by atoms with Crippen LogP contribution in [0.1, 0.15) is 10.4 Å². The van der Waals surface area contributed by atoms with Gasteiger partial charge in [-0.1, -0.05) is 6.07 Å². The molecule has 0 saturated carbocycles. The molecule has 0 unspecified atom stereocenters. The first-order valence-corrected chi connectivity index (χ1v) is 8.96. The van der Waals surface area contributed by atoms with Gasteiger partial charge < -0.3 is 5.11 Å². The van der Waals surface area contributed by atoms with Crippen LogP contribution in [0.25, 0.3) is 0 Å². The Balaban J connectivity index is 2.38. The average Bonchev–Trinajstić information content (AvgIpc) is 2.37. The van der Waals surface area contributed by atoms with Gasteiger partial charge in [-0.15, -0.1) is 0 Å². The van der Waals surface area contributed by atoms with Crippen molar-refractivity contribution in [2.45, 2.75) is 4.90 Å². The molecule has 0 aliphatic rings. The van der Waals surface area contributed by atoms with Gasteiger partial charge in [0.15, 0.2) is 0 Å². The molecule has 0 atom stereocenters. The number of carboxylic acids is 1. The Hall–Kier alpha value is -1.13. The zero-order valence-corrected chi connectivity index (χ0v) is 14.9. The van der Waals surface area contributed by atoms with Gasteiger partial charge in [-0.05, 0) is 74.9 Å². The summed E-state index contributed by atoms with van der Waals surface area (Å²) in [5, 5.41) is 8.88. The first-order chi connectivity index (χ1) is 9.79. The topological polar surface area (TPSA) is 83.5 Å². The molecule has 0 radical (unpaired) electrons. The van der Waals surface area contributed by atoms with Crippen molar-refractivity contribution in [2.75, 3.05) is 4.72 Å². The van der Waals surface area contributed by atoms with Gasteiger partial charge in [0.05, 0.1) is 5.56 Å². The molecule has 0 amide bonds. The first-order valence-electron chi connectivity index (χ1n) is 5.61. The summed E-state index contributed by atoms with van der Waals surface area (Å²) in [5.41, 5.74) is 0.450. The summed E-state index contributed by atoms with van der Waals surface area (Å²) in [4.78, 5) is 10.8. The van der Waals surface area contributed by atoms with Gasteiger partial charge in [0.1, 0.15) is 4.90 Å². The highest BCUT2D eigenvalue weighted by Crippen LogP contribution is 2.26. The van der Waals surface area contributed by atoms with E-state index >= 15 is 0 Å². The van der Waals surface area contributed by atoms with Gasteiger partial charge in [-0.3, -0.25) is 4.72 Å². The summed E-state index contributed by atoms with van der Waals surface area (Å²) in [5.74, 6) is -1.12. The quantitative estimate of drug-likeness (QED) is 0.654. The third-order valence-corrected chi connectivity index (χ3v) is 5.57. The number of hydrogen-bond acceptors (Lipinski definition) is 3. The molecular weight excluding hydrogens is 473 g/mol. The lowest BCUT2D eigenvalue weighted by atomic mass is 10.2. The Morgan fingerprint density at radius 2 is 1.90 bits per heavy atom. The predicted octanol–water partition coefficient (Wildman–Crippen LogP) is 3.55. The molecule has 5 nitrogen and oxygen atoms in total. The second kappa shape index (κ2) is 6.32. The number of benzene rings is 2. The van der Waals surface area contributed by atoms with Crippen LogP contribution >= 0.6 is 38.5 Å². The zero-order valence-electron chi connectivity index (χ0n) is 10.4. The molecule has 0 aliphatic carbocycles. The zero-order chi connectivity index (χ0) is 15.6. The molecule has 2 N–H and O–H groups in total. The number of carboxylic acid groups (broad SMARTS) is 1. The molecule has 0 aliphatic heterocycles. The fourth-order valence-corrected chi connectivity index (χ4v) is 4.29. The van der Waals surface area contributed by atoms with E-state index in [0.29, 0.717) is 5.69 Å². The Bertz CT molecular complexity index is 808. The number of rotatable bonds is 4. The van der Waals surface area contributed by atoms with Gasteiger partial charge in [0.2, 0.25) is 0 Å². The summed E-state index contributed by atoms with van der Waals surface area (Å²) < 4.78 is 28.2. The lowest BCUT2D eigenvalue weighted by molar-refractivity contribution is 0.0696. The summed E-state index contributed by atoms with van der Waals surface area (Å²) in [7, 11) is -3.80. The van der Waals surface area contributed by atoms with Crippen molar-refractivity contribution in [3.05, 3.63) is 56.1 Å². The van der Waals surface area contributed by atoms with Crippen LogP contribution in [0.3, 0.4) is 0 Å². The molecule has 0 fully saturated rings. The number of aromatic carboxylic acids is 1. The van der Waals surface area contributed by atoms with E-state index in [1.165, 1.54) is 18.2 Å². The number of halogens is 2. The normalized spacial score (nSPS) is 11.1. The molecule has 2 aromatic carbocycles. The second-order valence-corrected chi connectivity index (χ2v) is 7.82. The van der Waals surface area contributed by atoms with E-state index in [9.17, 15) is 13.2 Å². The Morgan fingerprint density at radius 1 is 1.19 bits per heavy atom. The minimum atomic E-state index is -3.80. The molecule has 8 heteroatoms. The Labute approximate surface area is 143 Å². The molecule has 0 aromatic heterocycles. The molecule has 21 heavy (non-hydrogen) atoms. The van der Waals surface area contributed by atoms with E-state index in [-0.39, 0.29) is 14.9 Å². The van der Waals surface area contributed by atoms with Crippen molar-refractivity contribution >= 4 is 60.2 Å². The van der Waals surface area contributed by atoms with Crippen molar-refractivity contribution < 1.29 is 18.3 Å². The highest BCUT2D eigenvalue weighted by molar-refractivity contribution is 14.1. The van der Waals surface area contributed by atoms with E-state index in [4.69, 9.17) is 5.11 Å². The lowest BCUT2D eigenvalue weighted by Crippen LogP contribution is -2.14. The summed E-state index contributed by atoms with van der Waals surface area (Å²) >= 11 is 5.18. The molecular formula is C13H9BrINO4S. The summed E-state index contributed by atoms with van der Waals surface area (Å²) in [6, 6.07) is 10.7. The van der Waals surface area contributed by atoms with Crippen LogP contribution < -0.4 is 4.72 Å².